The lowest BCUT2D eigenvalue weighted by atomic mass is 10.4. The summed E-state index contributed by atoms with van der Waals surface area (Å²) in [5, 5.41) is 3.34. The highest BCUT2D eigenvalue weighted by molar-refractivity contribution is 6.65. The first-order chi connectivity index (χ1) is 6.67. The normalized spacial score (nSPS) is 20.4. The van der Waals surface area contributed by atoms with Crippen molar-refractivity contribution in [3.63, 3.8) is 0 Å². The van der Waals surface area contributed by atoms with Gasteiger partial charge in [-0.15, -0.1) is 0 Å². The van der Waals surface area contributed by atoms with Crippen molar-refractivity contribution in [1.29, 1.82) is 0 Å². The van der Waals surface area contributed by atoms with Crippen LogP contribution in [0.5, 0.6) is 0 Å². The van der Waals surface area contributed by atoms with Crippen LogP contribution in [0.3, 0.4) is 0 Å². The first-order valence-corrected chi connectivity index (χ1v) is 7.07. The lowest BCUT2D eigenvalue weighted by molar-refractivity contribution is 0.144. The van der Waals surface area contributed by atoms with E-state index in [1.54, 1.807) is 14.2 Å². The van der Waals surface area contributed by atoms with E-state index in [1.807, 2.05) is 0 Å². The smallest absolute Gasteiger partial charge is 0.386 e. The standard InChI is InChI=1S/C9H22N2O2Si/c1-9(2)14(12-3,13-4)11-7-5-10-6-8-11/h9-10H,5-8H2,1-4H3. The van der Waals surface area contributed by atoms with E-state index in [0.717, 1.165) is 26.2 Å². The van der Waals surface area contributed by atoms with E-state index in [-0.39, 0.29) is 0 Å². The zero-order valence-corrected chi connectivity index (χ0v) is 10.7. The van der Waals surface area contributed by atoms with Gasteiger partial charge >= 0.3 is 8.72 Å². The Hall–Kier alpha value is 0.0569. The quantitative estimate of drug-likeness (QED) is 0.698. The van der Waals surface area contributed by atoms with E-state index in [0.29, 0.717) is 5.54 Å². The molecule has 1 aliphatic rings. The van der Waals surface area contributed by atoms with Crippen LogP contribution in [0, 0.1) is 0 Å². The molecule has 0 aromatic carbocycles. The molecule has 0 radical (unpaired) electrons. The van der Waals surface area contributed by atoms with E-state index >= 15 is 0 Å². The average molecular weight is 218 g/mol. The van der Waals surface area contributed by atoms with Gasteiger partial charge in [0.2, 0.25) is 0 Å². The molecule has 0 saturated carbocycles. The second-order valence-electron chi connectivity index (χ2n) is 3.93. The van der Waals surface area contributed by atoms with Crippen molar-refractivity contribution >= 4 is 8.72 Å². The first-order valence-electron chi connectivity index (χ1n) is 5.23. The summed E-state index contributed by atoms with van der Waals surface area (Å²) >= 11 is 0. The maximum Gasteiger partial charge on any atom is 0.430 e. The predicted molar refractivity (Wildman–Crippen MR) is 59.3 cm³/mol. The molecule has 1 aliphatic heterocycles. The summed E-state index contributed by atoms with van der Waals surface area (Å²) in [6.45, 7) is 8.50. The van der Waals surface area contributed by atoms with Gasteiger partial charge in [-0.25, -0.2) is 0 Å². The Balaban J connectivity index is 2.73. The molecule has 4 nitrogen and oxygen atoms in total. The molecule has 1 fully saturated rings. The molecule has 1 N–H and O–H groups in total. The summed E-state index contributed by atoms with van der Waals surface area (Å²) in [6.07, 6.45) is 0. The molecule has 5 heteroatoms. The van der Waals surface area contributed by atoms with Crippen LogP contribution in [-0.2, 0) is 8.85 Å². The molecule has 0 aliphatic carbocycles. The largest absolute Gasteiger partial charge is 0.430 e. The van der Waals surface area contributed by atoms with Crippen molar-refractivity contribution < 1.29 is 8.85 Å². The molecule has 0 aromatic heterocycles. The highest BCUT2D eigenvalue weighted by Crippen LogP contribution is 2.26. The van der Waals surface area contributed by atoms with Crippen LogP contribution < -0.4 is 5.32 Å². The van der Waals surface area contributed by atoms with Gasteiger partial charge in [0.05, 0.1) is 0 Å². The van der Waals surface area contributed by atoms with Gasteiger partial charge in [-0.1, -0.05) is 13.8 Å². The van der Waals surface area contributed by atoms with Crippen LogP contribution in [0.15, 0.2) is 0 Å². The molecular weight excluding hydrogens is 196 g/mol. The number of piperazine rings is 1. The van der Waals surface area contributed by atoms with Crippen molar-refractivity contribution in [2.45, 2.75) is 19.4 Å². The Morgan fingerprint density at radius 2 is 1.64 bits per heavy atom. The summed E-state index contributed by atoms with van der Waals surface area (Å²) in [5.41, 5.74) is 0.454. The molecular formula is C9H22N2O2Si. The molecule has 1 saturated heterocycles. The van der Waals surface area contributed by atoms with Gasteiger partial charge in [0.1, 0.15) is 0 Å². The second-order valence-corrected chi connectivity index (χ2v) is 7.80. The number of nitrogens with one attached hydrogen (secondary N) is 1. The highest BCUT2D eigenvalue weighted by Gasteiger charge is 2.46. The van der Waals surface area contributed by atoms with Crippen molar-refractivity contribution in [3.8, 4) is 0 Å². The Kier molecular flexibility index (Phi) is 4.53. The molecule has 84 valence electrons. The van der Waals surface area contributed by atoms with Gasteiger partial charge in [0, 0.05) is 45.9 Å². The highest BCUT2D eigenvalue weighted by atomic mass is 28.4. The molecule has 0 spiro atoms. The fourth-order valence-electron chi connectivity index (χ4n) is 2.15. The fourth-order valence-corrected chi connectivity index (χ4v) is 5.36. The number of hydrogen-bond donors (Lipinski definition) is 1. The van der Waals surface area contributed by atoms with Crippen molar-refractivity contribution in [3.05, 3.63) is 0 Å². The van der Waals surface area contributed by atoms with E-state index in [4.69, 9.17) is 8.85 Å². The van der Waals surface area contributed by atoms with Crippen LogP contribution in [0.1, 0.15) is 13.8 Å². The van der Waals surface area contributed by atoms with Crippen LogP contribution in [0.4, 0.5) is 0 Å². The molecule has 0 bridgehead atoms. The topological polar surface area (TPSA) is 33.7 Å². The van der Waals surface area contributed by atoms with E-state index in [2.05, 4.69) is 23.7 Å². The molecule has 14 heavy (non-hydrogen) atoms. The maximum absolute atomic E-state index is 5.70. The van der Waals surface area contributed by atoms with Gasteiger partial charge in [0.25, 0.3) is 0 Å². The molecule has 1 rings (SSSR count). The van der Waals surface area contributed by atoms with Gasteiger partial charge in [-0.3, -0.25) is 4.57 Å². The Labute approximate surface area is 87.9 Å². The van der Waals surface area contributed by atoms with Crippen molar-refractivity contribution in [2.24, 2.45) is 0 Å². The molecule has 0 aromatic rings. The number of hydrogen-bond acceptors (Lipinski definition) is 4. The summed E-state index contributed by atoms with van der Waals surface area (Å²) in [7, 11) is 1.42. The Morgan fingerprint density at radius 1 is 1.14 bits per heavy atom. The van der Waals surface area contributed by atoms with Gasteiger partial charge in [-0.05, 0) is 0 Å². The summed E-state index contributed by atoms with van der Waals surface area (Å²) < 4.78 is 13.8. The SMILES string of the molecule is CO[Si](OC)(C(C)C)N1CCNCC1. The third kappa shape index (κ3) is 2.17. The van der Waals surface area contributed by atoms with Crippen LogP contribution in [-0.4, -0.2) is 53.7 Å². The molecule has 0 amide bonds. The maximum atomic E-state index is 5.70. The molecule has 1 heterocycles. The molecule has 0 unspecified atom stereocenters. The minimum Gasteiger partial charge on any atom is -0.386 e. The summed E-state index contributed by atoms with van der Waals surface area (Å²) in [5.74, 6) is 0. The molecule has 0 atom stereocenters. The predicted octanol–water partition coefficient (Wildman–Crippen LogP) is 0.533. The summed E-state index contributed by atoms with van der Waals surface area (Å²) in [6, 6.07) is 0. The monoisotopic (exact) mass is 218 g/mol. The number of rotatable bonds is 4. The second kappa shape index (κ2) is 5.23. The van der Waals surface area contributed by atoms with Gasteiger partial charge < -0.3 is 14.2 Å². The zero-order chi connectivity index (χ0) is 10.6. The summed E-state index contributed by atoms with van der Waals surface area (Å²) in [4.78, 5) is 0. The number of nitrogens with zero attached hydrogens (tertiary/aromatic N) is 1. The van der Waals surface area contributed by atoms with Gasteiger partial charge in [0.15, 0.2) is 0 Å². The van der Waals surface area contributed by atoms with Crippen LogP contribution in [0.2, 0.25) is 5.54 Å². The van der Waals surface area contributed by atoms with Crippen molar-refractivity contribution in [2.75, 3.05) is 40.4 Å². The minimum atomic E-state index is -2.13. The Bertz CT molecular complexity index is 168. The van der Waals surface area contributed by atoms with E-state index in [1.165, 1.54) is 0 Å². The van der Waals surface area contributed by atoms with Gasteiger partial charge in [-0.2, -0.15) is 0 Å². The third-order valence-corrected chi connectivity index (χ3v) is 6.83. The zero-order valence-electron chi connectivity index (χ0n) is 9.67. The minimum absolute atomic E-state index is 0.454. The van der Waals surface area contributed by atoms with E-state index in [9.17, 15) is 0 Å². The van der Waals surface area contributed by atoms with E-state index < -0.39 is 8.72 Å². The van der Waals surface area contributed by atoms with Crippen molar-refractivity contribution in [1.82, 2.24) is 9.88 Å². The third-order valence-electron chi connectivity index (χ3n) is 2.87. The van der Waals surface area contributed by atoms with Crippen LogP contribution >= 0.6 is 0 Å². The fraction of sp³-hybridized carbons (Fsp3) is 1.00. The van der Waals surface area contributed by atoms with Crippen LogP contribution in [0.25, 0.3) is 0 Å². The lowest BCUT2D eigenvalue weighted by Crippen LogP contribution is -2.64. The Morgan fingerprint density at radius 3 is 2.00 bits per heavy atom. The lowest BCUT2D eigenvalue weighted by Gasteiger charge is -2.42. The average Bonchev–Trinajstić information content (AvgIpc) is 2.22. The first kappa shape index (κ1) is 12.1.